The number of hydrogen-bond donors (Lipinski definition) is 3. The highest BCUT2D eigenvalue weighted by Gasteiger charge is 2.15. The number of carbonyl (C=O) groups excluding carboxylic acids is 2. The number of nitrogens with one attached hydrogen (secondary N) is 2. The van der Waals surface area contributed by atoms with Crippen LogP contribution in [0.3, 0.4) is 0 Å². The fraction of sp³-hybridized carbons (Fsp3) is 0.300. The number of hydrogen-bond acceptors (Lipinski definition) is 3. The summed E-state index contributed by atoms with van der Waals surface area (Å²) in [4.78, 5) is 24.5. The molecular formula is C20H24ClN3O2. The van der Waals surface area contributed by atoms with Crippen molar-refractivity contribution in [3.8, 4) is 0 Å². The summed E-state index contributed by atoms with van der Waals surface area (Å²) < 4.78 is 0. The van der Waals surface area contributed by atoms with Gasteiger partial charge in [0, 0.05) is 24.2 Å². The van der Waals surface area contributed by atoms with Gasteiger partial charge in [0.05, 0.1) is 10.7 Å². The first-order valence-electron chi connectivity index (χ1n) is 8.42. The molecule has 0 aliphatic carbocycles. The molecule has 0 radical (unpaired) electrons. The molecule has 0 unspecified atom stereocenters. The second-order valence-electron chi connectivity index (χ2n) is 7.02. The van der Waals surface area contributed by atoms with Gasteiger partial charge in [-0.15, -0.1) is 0 Å². The summed E-state index contributed by atoms with van der Waals surface area (Å²) in [6, 6.07) is 12.2. The maximum absolute atomic E-state index is 12.5. The van der Waals surface area contributed by atoms with E-state index in [4.69, 9.17) is 17.3 Å². The van der Waals surface area contributed by atoms with Crippen LogP contribution in [0.5, 0.6) is 0 Å². The van der Waals surface area contributed by atoms with Gasteiger partial charge in [0.2, 0.25) is 0 Å². The van der Waals surface area contributed by atoms with Gasteiger partial charge in [0.25, 0.3) is 11.8 Å². The van der Waals surface area contributed by atoms with E-state index in [-0.39, 0.29) is 17.2 Å². The van der Waals surface area contributed by atoms with Crippen LogP contribution in [0.2, 0.25) is 5.02 Å². The van der Waals surface area contributed by atoms with Crippen molar-refractivity contribution < 1.29 is 9.59 Å². The average molecular weight is 374 g/mol. The molecule has 0 fully saturated rings. The van der Waals surface area contributed by atoms with Crippen molar-refractivity contribution in [2.24, 2.45) is 5.73 Å². The Labute approximate surface area is 158 Å². The van der Waals surface area contributed by atoms with E-state index in [0.717, 1.165) is 5.56 Å². The molecule has 5 nitrogen and oxygen atoms in total. The predicted octanol–water partition coefficient (Wildman–Crippen LogP) is 3.58. The largest absolute Gasteiger partial charge is 0.351 e. The van der Waals surface area contributed by atoms with Gasteiger partial charge in [-0.1, -0.05) is 44.5 Å². The molecule has 6 heteroatoms. The van der Waals surface area contributed by atoms with E-state index in [9.17, 15) is 9.59 Å². The van der Waals surface area contributed by atoms with Crippen LogP contribution >= 0.6 is 11.6 Å². The van der Waals surface area contributed by atoms with Crippen LogP contribution in [0.1, 0.15) is 47.1 Å². The minimum absolute atomic E-state index is 0.0174. The smallest absolute Gasteiger partial charge is 0.255 e. The summed E-state index contributed by atoms with van der Waals surface area (Å²) in [6.07, 6.45) is 0. The molecule has 0 saturated carbocycles. The zero-order valence-electron chi connectivity index (χ0n) is 15.2. The van der Waals surface area contributed by atoms with Crippen molar-refractivity contribution in [1.29, 1.82) is 0 Å². The fourth-order valence-electron chi connectivity index (χ4n) is 2.37. The maximum Gasteiger partial charge on any atom is 0.255 e. The maximum atomic E-state index is 12.5. The number of nitrogens with two attached hydrogens (primary N) is 1. The standard InChI is InChI=1S/C20H24ClN3O2/c1-20(2,3)15-7-4-13(5-8-15)19(26)24-17-12-14(6-9-16(17)21)18(25)23-11-10-22/h4-9,12H,10-11,22H2,1-3H3,(H,23,25)(H,24,26). The molecule has 4 N–H and O–H groups in total. The van der Waals surface area contributed by atoms with Gasteiger partial charge in [0.15, 0.2) is 0 Å². The average Bonchev–Trinajstić information content (AvgIpc) is 2.60. The van der Waals surface area contributed by atoms with Gasteiger partial charge in [-0.3, -0.25) is 9.59 Å². The molecule has 0 spiro atoms. The van der Waals surface area contributed by atoms with Gasteiger partial charge in [-0.25, -0.2) is 0 Å². The Hall–Kier alpha value is -2.37. The Morgan fingerprint density at radius 1 is 1.00 bits per heavy atom. The van der Waals surface area contributed by atoms with Gasteiger partial charge in [0.1, 0.15) is 0 Å². The van der Waals surface area contributed by atoms with E-state index >= 15 is 0 Å². The summed E-state index contributed by atoms with van der Waals surface area (Å²) in [5.41, 5.74) is 7.86. The molecule has 0 aromatic heterocycles. The molecule has 26 heavy (non-hydrogen) atoms. The van der Waals surface area contributed by atoms with Gasteiger partial charge in [-0.05, 0) is 41.3 Å². The first-order chi connectivity index (χ1) is 12.2. The molecular weight excluding hydrogens is 350 g/mol. The van der Waals surface area contributed by atoms with E-state index in [1.165, 1.54) is 0 Å². The Balaban J connectivity index is 2.16. The minimum atomic E-state index is -0.285. The Morgan fingerprint density at radius 3 is 2.19 bits per heavy atom. The zero-order valence-corrected chi connectivity index (χ0v) is 16.0. The number of halogens is 1. The first-order valence-corrected chi connectivity index (χ1v) is 8.80. The third kappa shape index (κ3) is 5.07. The van der Waals surface area contributed by atoms with Crippen LogP contribution in [0.4, 0.5) is 5.69 Å². The molecule has 2 amide bonds. The summed E-state index contributed by atoms with van der Waals surface area (Å²) in [6.45, 7) is 7.08. The second kappa shape index (κ2) is 8.34. The van der Waals surface area contributed by atoms with E-state index in [1.807, 2.05) is 12.1 Å². The summed E-state index contributed by atoms with van der Waals surface area (Å²) >= 11 is 6.16. The molecule has 0 heterocycles. The minimum Gasteiger partial charge on any atom is -0.351 e. The molecule has 2 rings (SSSR count). The lowest BCUT2D eigenvalue weighted by Crippen LogP contribution is -2.29. The molecule has 0 bridgehead atoms. The number of amides is 2. The lowest BCUT2D eigenvalue weighted by molar-refractivity contribution is 0.0953. The quantitative estimate of drug-likeness (QED) is 0.748. The molecule has 0 aliphatic heterocycles. The topological polar surface area (TPSA) is 84.2 Å². The van der Waals surface area contributed by atoms with Crippen molar-refractivity contribution in [3.63, 3.8) is 0 Å². The van der Waals surface area contributed by atoms with E-state index < -0.39 is 0 Å². The van der Waals surface area contributed by atoms with Crippen LogP contribution in [-0.4, -0.2) is 24.9 Å². The van der Waals surface area contributed by atoms with Crippen molar-refractivity contribution in [2.75, 3.05) is 18.4 Å². The lowest BCUT2D eigenvalue weighted by atomic mass is 9.87. The molecule has 2 aromatic carbocycles. The first kappa shape index (κ1) is 19.9. The summed E-state index contributed by atoms with van der Waals surface area (Å²) in [5.74, 6) is -0.552. The molecule has 0 atom stereocenters. The number of rotatable bonds is 5. The zero-order chi connectivity index (χ0) is 19.3. The fourth-order valence-corrected chi connectivity index (χ4v) is 2.53. The van der Waals surface area contributed by atoms with Crippen molar-refractivity contribution in [3.05, 3.63) is 64.2 Å². The van der Waals surface area contributed by atoms with E-state index in [0.29, 0.717) is 34.9 Å². The molecule has 2 aromatic rings. The number of benzene rings is 2. The van der Waals surface area contributed by atoms with Crippen LogP contribution < -0.4 is 16.4 Å². The molecule has 0 aliphatic rings. The van der Waals surface area contributed by atoms with Gasteiger partial charge >= 0.3 is 0 Å². The highest BCUT2D eigenvalue weighted by atomic mass is 35.5. The third-order valence-corrected chi connectivity index (χ3v) is 4.25. The van der Waals surface area contributed by atoms with Gasteiger partial charge in [-0.2, -0.15) is 0 Å². The van der Waals surface area contributed by atoms with Crippen molar-refractivity contribution in [1.82, 2.24) is 5.32 Å². The van der Waals surface area contributed by atoms with Crippen LogP contribution in [0.15, 0.2) is 42.5 Å². The van der Waals surface area contributed by atoms with Crippen molar-refractivity contribution >= 4 is 29.1 Å². The Bertz CT molecular complexity index is 796. The van der Waals surface area contributed by atoms with E-state index in [1.54, 1.807) is 30.3 Å². The second-order valence-corrected chi connectivity index (χ2v) is 7.43. The predicted molar refractivity (Wildman–Crippen MR) is 106 cm³/mol. The number of carbonyl (C=O) groups is 2. The highest BCUT2D eigenvalue weighted by molar-refractivity contribution is 6.34. The normalized spacial score (nSPS) is 11.1. The summed E-state index contributed by atoms with van der Waals surface area (Å²) in [5, 5.41) is 5.80. The van der Waals surface area contributed by atoms with Crippen LogP contribution in [0.25, 0.3) is 0 Å². The lowest BCUT2D eigenvalue weighted by Gasteiger charge is -2.19. The highest BCUT2D eigenvalue weighted by Crippen LogP contribution is 2.25. The van der Waals surface area contributed by atoms with Crippen LogP contribution in [-0.2, 0) is 5.41 Å². The van der Waals surface area contributed by atoms with Gasteiger partial charge < -0.3 is 16.4 Å². The molecule has 138 valence electrons. The van der Waals surface area contributed by atoms with E-state index in [2.05, 4.69) is 31.4 Å². The van der Waals surface area contributed by atoms with Crippen LogP contribution in [0, 0.1) is 0 Å². The SMILES string of the molecule is CC(C)(C)c1ccc(C(=O)Nc2cc(C(=O)NCCN)ccc2Cl)cc1. The summed E-state index contributed by atoms with van der Waals surface area (Å²) in [7, 11) is 0. The number of anilines is 1. The van der Waals surface area contributed by atoms with Crippen molar-refractivity contribution in [2.45, 2.75) is 26.2 Å². The Morgan fingerprint density at radius 2 is 1.62 bits per heavy atom. The monoisotopic (exact) mass is 373 g/mol. The molecule has 0 saturated heterocycles. The third-order valence-electron chi connectivity index (χ3n) is 3.92. The Kier molecular flexibility index (Phi) is 6.40.